The number of nitrogens with zero attached hydrogens (tertiary/aromatic N) is 2. The third kappa shape index (κ3) is 2.25. The van der Waals surface area contributed by atoms with E-state index in [0.717, 1.165) is 6.07 Å². The van der Waals surface area contributed by atoms with E-state index in [9.17, 15) is 23.4 Å². The lowest BCUT2D eigenvalue weighted by Gasteiger charge is -2.42. The summed E-state index contributed by atoms with van der Waals surface area (Å²) in [5.41, 5.74) is -1.66. The minimum Gasteiger partial charge on any atom is -0.508 e. The van der Waals surface area contributed by atoms with Gasteiger partial charge in [-0.3, -0.25) is 0 Å². The maximum atomic E-state index is 13.2. The topological polar surface area (TPSA) is 58.3 Å². The summed E-state index contributed by atoms with van der Waals surface area (Å²) in [6.45, 7) is 3.29. The SMILES string of the molecule is Cc1nc2cc(O)cc(C(F)(F)F)c2n1[C@H]1C[C@@](C)(O)C1. The lowest BCUT2D eigenvalue weighted by atomic mass is 9.77. The van der Waals surface area contributed by atoms with Gasteiger partial charge in [0.25, 0.3) is 0 Å². The van der Waals surface area contributed by atoms with Gasteiger partial charge in [0.2, 0.25) is 0 Å². The summed E-state index contributed by atoms with van der Waals surface area (Å²) in [5, 5.41) is 19.3. The lowest BCUT2D eigenvalue weighted by molar-refractivity contribution is -0.136. The van der Waals surface area contributed by atoms with Crippen molar-refractivity contribution >= 4 is 11.0 Å². The van der Waals surface area contributed by atoms with Crippen LogP contribution in [0.15, 0.2) is 12.1 Å². The Balaban J connectivity index is 2.23. The van der Waals surface area contributed by atoms with Gasteiger partial charge in [-0.05, 0) is 32.8 Å². The van der Waals surface area contributed by atoms with Gasteiger partial charge >= 0.3 is 6.18 Å². The number of hydrogen-bond donors (Lipinski definition) is 2. The van der Waals surface area contributed by atoms with Crippen molar-refractivity contribution < 1.29 is 23.4 Å². The van der Waals surface area contributed by atoms with Gasteiger partial charge in [0.05, 0.1) is 22.2 Å². The van der Waals surface area contributed by atoms with Gasteiger partial charge in [0, 0.05) is 12.1 Å². The average Bonchev–Trinajstić information content (AvgIpc) is 2.58. The van der Waals surface area contributed by atoms with E-state index in [0.29, 0.717) is 18.7 Å². The largest absolute Gasteiger partial charge is 0.508 e. The van der Waals surface area contributed by atoms with E-state index < -0.39 is 23.1 Å². The van der Waals surface area contributed by atoms with Crippen LogP contribution in [-0.2, 0) is 6.18 Å². The standard InChI is InChI=1S/C14H15F3N2O2/c1-7-18-11-4-9(20)3-10(14(15,16)17)12(11)19(7)8-5-13(2,21)6-8/h3-4,8,20-21H,5-6H2,1-2H3/t8-,13+. The first kappa shape index (κ1) is 14.2. The van der Waals surface area contributed by atoms with Gasteiger partial charge in [0.15, 0.2) is 0 Å². The maximum absolute atomic E-state index is 13.2. The zero-order valence-corrected chi connectivity index (χ0v) is 11.6. The van der Waals surface area contributed by atoms with Gasteiger partial charge in [-0.15, -0.1) is 0 Å². The van der Waals surface area contributed by atoms with Crippen LogP contribution in [0.25, 0.3) is 11.0 Å². The first-order valence-electron chi connectivity index (χ1n) is 6.60. The molecule has 0 saturated heterocycles. The van der Waals surface area contributed by atoms with E-state index in [1.54, 1.807) is 13.8 Å². The molecule has 0 radical (unpaired) electrons. The Bertz CT molecular complexity index is 711. The smallest absolute Gasteiger partial charge is 0.418 e. The van der Waals surface area contributed by atoms with Crippen LogP contribution < -0.4 is 0 Å². The molecule has 1 fully saturated rings. The minimum atomic E-state index is -4.58. The summed E-state index contributed by atoms with van der Waals surface area (Å²) in [5.74, 6) is -0.0123. The Morgan fingerprint density at radius 2 is 1.95 bits per heavy atom. The van der Waals surface area contributed by atoms with Crippen molar-refractivity contribution in [3.8, 4) is 5.75 Å². The number of halogens is 3. The molecule has 21 heavy (non-hydrogen) atoms. The molecule has 0 bridgehead atoms. The van der Waals surface area contributed by atoms with E-state index in [2.05, 4.69) is 4.98 Å². The summed E-state index contributed by atoms with van der Waals surface area (Å²) in [6, 6.07) is 1.73. The molecule has 1 aromatic heterocycles. The van der Waals surface area contributed by atoms with Crippen LogP contribution in [0.5, 0.6) is 5.75 Å². The molecule has 7 heteroatoms. The number of alkyl halides is 3. The van der Waals surface area contributed by atoms with Crippen molar-refractivity contribution in [2.75, 3.05) is 0 Å². The zero-order valence-electron chi connectivity index (χ0n) is 11.6. The summed E-state index contributed by atoms with van der Waals surface area (Å²) in [7, 11) is 0. The monoisotopic (exact) mass is 300 g/mol. The fourth-order valence-electron chi connectivity index (χ4n) is 3.13. The molecule has 2 N–H and O–H groups in total. The number of rotatable bonds is 1. The molecule has 114 valence electrons. The third-order valence-electron chi connectivity index (χ3n) is 3.97. The third-order valence-corrected chi connectivity index (χ3v) is 3.97. The summed E-state index contributed by atoms with van der Waals surface area (Å²) < 4.78 is 41.2. The Hall–Kier alpha value is -1.76. The number of imidazole rings is 1. The molecule has 0 amide bonds. The second-order valence-electron chi connectivity index (χ2n) is 5.95. The van der Waals surface area contributed by atoms with Gasteiger partial charge in [-0.1, -0.05) is 0 Å². The van der Waals surface area contributed by atoms with E-state index >= 15 is 0 Å². The fraction of sp³-hybridized carbons (Fsp3) is 0.500. The van der Waals surface area contributed by atoms with Crippen LogP contribution in [0.3, 0.4) is 0 Å². The Morgan fingerprint density at radius 3 is 2.48 bits per heavy atom. The number of phenols is 1. The Kier molecular flexibility index (Phi) is 2.79. The predicted molar refractivity (Wildman–Crippen MR) is 70.0 cm³/mol. The highest BCUT2D eigenvalue weighted by Gasteiger charge is 2.42. The second kappa shape index (κ2) is 4.13. The molecular formula is C14H15F3N2O2. The molecule has 0 spiro atoms. The van der Waals surface area contributed by atoms with Gasteiger partial charge < -0.3 is 14.8 Å². The maximum Gasteiger partial charge on any atom is 0.418 e. The first-order valence-corrected chi connectivity index (χ1v) is 6.60. The number of aryl methyl sites for hydroxylation is 1. The molecule has 0 aliphatic heterocycles. The van der Waals surface area contributed by atoms with Crippen molar-refractivity contribution in [3.63, 3.8) is 0 Å². The molecular weight excluding hydrogens is 285 g/mol. The van der Waals surface area contributed by atoms with E-state index in [1.807, 2.05) is 0 Å². The van der Waals surface area contributed by atoms with Gasteiger partial charge in [0.1, 0.15) is 11.6 Å². The number of phenolic OH excluding ortho intramolecular Hbond substituents is 1. The number of aliphatic hydroxyl groups is 1. The van der Waals surface area contributed by atoms with Crippen LogP contribution in [0.4, 0.5) is 13.2 Å². The quantitative estimate of drug-likeness (QED) is 0.850. The highest BCUT2D eigenvalue weighted by molar-refractivity contribution is 5.82. The lowest BCUT2D eigenvalue weighted by Crippen LogP contribution is -2.42. The number of fused-ring (bicyclic) bond motifs is 1. The average molecular weight is 300 g/mol. The van der Waals surface area contributed by atoms with Crippen LogP contribution in [0.1, 0.15) is 37.2 Å². The molecule has 0 atom stereocenters. The highest BCUT2D eigenvalue weighted by Crippen LogP contribution is 2.45. The Morgan fingerprint density at radius 1 is 1.33 bits per heavy atom. The minimum absolute atomic E-state index is 0.0294. The van der Waals surface area contributed by atoms with E-state index in [1.165, 1.54) is 10.6 Å². The first-order chi connectivity index (χ1) is 9.58. The van der Waals surface area contributed by atoms with Crippen molar-refractivity contribution in [2.24, 2.45) is 0 Å². The Labute approximate surface area is 118 Å². The fourth-order valence-corrected chi connectivity index (χ4v) is 3.13. The molecule has 2 aromatic rings. The second-order valence-corrected chi connectivity index (χ2v) is 5.95. The van der Waals surface area contributed by atoms with E-state index in [4.69, 9.17) is 0 Å². The molecule has 1 aromatic carbocycles. The van der Waals surface area contributed by atoms with Crippen molar-refractivity contribution in [3.05, 3.63) is 23.5 Å². The van der Waals surface area contributed by atoms with Gasteiger partial charge in [-0.2, -0.15) is 13.2 Å². The number of hydrogen-bond acceptors (Lipinski definition) is 3. The van der Waals surface area contributed by atoms with Crippen LogP contribution in [0.2, 0.25) is 0 Å². The molecule has 1 saturated carbocycles. The molecule has 3 rings (SSSR count). The molecule has 1 aliphatic carbocycles. The molecule has 0 unspecified atom stereocenters. The van der Waals surface area contributed by atoms with Crippen molar-refractivity contribution in [1.82, 2.24) is 9.55 Å². The van der Waals surface area contributed by atoms with Crippen LogP contribution >= 0.6 is 0 Å². The number of aromatic nitrogens is 2. The highest BCUT2D eigenvalue weighted by atomic mass is 19.4. The summed E-state index contributed by atoms with van der Waals surface area (Å²) in [6.07, 6.45) is -3.80. The molecule has 1 aliphatic rings. The number of aromatic hydroxyl groups is 1. The van der Waals surface area contributed by atoms with Crippen LogP contribution in [0, 0.1) is 6.92 Å². The summed E-state index contributed by atoms with van der Waals surface area (Å²) >= 11 is 0. The zero-order chi connectivity index (χ0) is 15.6. The molecule has 4 nitrogen and oxygen atoms in total. The van der Waals surface area contributed by atoms with Crippen molar-refractivity contribution in [1.29, 1.82) is 0 Å². The predicted octanol–water partition coefficient (Wildman–Crippen LogP) is 3.16. The summed E-state index contributed by atoms with van der Waals surface area (Å²) in [4.78, 5) is 4.12. The molecule has 1 heterocycles. The normalized spacial score (nSPS) is 26.1. The van der Waals surface area contributed by atoms with E-state index in [-0.39, 0.29) is 17.1 Å². The van der Waals surface area contributed by atoms with Gasteiger partial charge in [-0.25, -0.2) is 4.98 Å². The van der Waals surface area contributed by atoms with Crippen LogP contribution in [-0.4, -0.2) is 25.4 Å². The van der Waals surface area contributed by atoms with Crippen molar-refractivity contribution in [2.45, 2.75) is 44.5 Å². The number of benzene rings is 1.